The van der Waals surface area contributed by atoms with Gasteiger partial charge in [0.2, 0.25) is 0 Å². The molecule has 1 aliphatic rings. The first-order valence-electron chi connectivity index (χ1n) is 7.66. The Balaban J connectivity index is 1.93. The Morgan fingerprint density at radius 3 is 2.12 bits per heavy atom. The van der Waals surface area contributed by atoms with Crippen molar-refractivity contribution in [3.63, 3.8) is 0 Å². The maximum Gasteiger partial charge on any atom is 0.140 e. The molecule has 0 aliphatic heterocycles. The minimum Gasteiger partial charge on any atom is -0.378 e. The highest BCUT2D eigenvalue weighted by Gasteiger charge is 2.62. The molecule has 122 valence electrons. The van der Waals surface area contributed by atoms with Crippen molar-refractivity contribution in [2.45, 2.75) is 24.0 Å². The number of hydrogen-bond acceptors (Lipinski definition) is 3. The number of halogens is 2. The van der Waals surface area contributed by atoms with Crippen LogP contribution in [0.5, 0.6) is 0 Å². The third-order valence-corrected chi connectivity index (χ3v) is 5.03. The van der Waals surface area contributed by atoms with E-state index in [1.165, 1.54) is 18.5 Å². The SMILES string of the molecule is OC(c1ccc(F)cc1)(c1ccc(Cl)cc1)C1(n2cncn2)CC1. The summed E-state index contributed by atoms with van der Waals surface area (Å²) < 4.78 is 15.1. The predicted octanol–water partition coefficient (Wildman–Crippen LogP) is 3.50. The first kappa shape index (κ1) is 15.3. The second-order valence-electron chi connectivity index (χ2n) is 6.10. The highest BCUT2D eigenvalue weighted by molar-refractivity contribution is 6.30. The van der Waals surface area contributed by atoms with Gasteiger partial charge < -0.3 is 5.11 Å². The fourth-order valence-electron chi connectivity index (χ4n) is 3.39. The monoisotopic (exact) mass is 343 g/mol. The van der Waals surface area contributed by atoms with Crippen LogP contribution in [0.2, 0.25) is 5.02 Å². The fourth-order valence-corrected chi connectivity index (χ4v) is 3.52. The molecule has 1 fully saturated rings. The van der Waals surface area contributed by atoms with Crippen LogP contribution in [0.15, 0.2) is 61.2 Å². The van der Waals surface area contributed by atoms with Crippen molar-refractivity contribution in [2.24, 2.45) is 0 Å². The molecule has 6 heteroatoms. The van der Waals surface area contributed by atoms with Crippen LogP contribution in [0, 0.1) is 5.82 Å². The topological polar surface area (TPSA) is 50.9 Å². The fraction of sp³-hybridized carbons (Fsp3) is 0.222. The van der Waals surface area contributed by atoms with E-state index in [4.69, 9.17) is 11.6 Å². The second kappa shape index (κ2) is 5.40. The standard InChI is InChI=1S/C18H15ClFN3O/c19-15-5-1-13(2-6-15)18(24,14-3-7-16(20)8-4-14)17(9-10-17)23-12-21-11-22-23/h1-8,11-12,24H,9-10H2. The summed E-state index contributed by atoms with van der Waals surface area (Å²) in [5.41, 5.74) is -0.709. The minimum atomic E-state index is -1.36. The van der Waals surface area contributed by atoms with Crippen LogP contribution >= 0.6 is 11.6 Å². The van der Waals surface area contributed by atoms with Crippen LogP contribution < -0.4 is 0 Å². The van der Waals surface area contributed by atoms with E-state index in [2.05, 4.69) is 10.1 Å². The van der Waals surface area contributed by atoms with Crippen LogP contribution in [0.3, 0.4) is 0 Å². The van der Waals surface area contributed by atoms with Gasteiger partial charge in [0, 0.05) is 5.02 Å². The summed E-state index contributed by atoms with van der Waals surface area (Å²) in [6.45, 7) is 0. The highest BCUT2D eigenvalue weighted by atomic mass is 35.5. The molecule has 1 unspecified atom stereocenters. The number of aliphatic hydroxyl groups is 1. The summed E-state index contributed by atoms with van der Waals surface area (Å²) in [6, 6.07) is 13.0. The van der Waals surface area contributed by atoms with E-state index in [1.54, 1.807) is 47.4 Å². The van der Waals surface area contributed by atoms with Crippen LogP contribution in [0.4, 0.5) is 4.39 Å². The molecule has 1 saturated carbocycles. The molecule has 0 amide bonds. The van der Waals surface area contributed by atoms with Gasteiger partial charge in [0.1, 0.15) is 29.6 Å². The molecule has 0 radical (unpaired) electrons. The third-order valence-electron chi connectivity index (χ3n) is 4.78. The van der Waals surface area contributed by atoms with Crippen molar-refractivity contribution in [3.8, 4) is 0 Å². The second-order valence-corrected chi connectivity index (χ2v) is 6.53. The molecule has 1 aromatic heterocycles. The summed E-state index contributed by atoms with van der Waals surface area (Å²) in [4.78, 5) is 4.02. The van der Waals surface area contributed by atoms with Crippen LogP contribution in [0.1, 0.15) is 24.0 Å². The van der Waals surface area contributed by atoms with Gasteiger partial charge in [0.05, 0.1) is 0 Å². The molecule has 2 aromatic carbocycles. The summed E-state index contributed by atoms with van der Waals surface area (Å²) in [5.74, 6) is -0.345. The van der Waals surface area contributed by atoms with E-state index in [-0.39, 0.29) is 5.82 Å². The molecular formula is C18H15ClFN3O. The average Bonchev–Trinajstić information content (AvgIpc) is 3.23. The maximum atomic E-state index is 13.4. The van der Waals surface area contributed by atoms with Crippen molar-refractivity contribution in [3.05, 3.63) is 83.2 Å². The van der Waals surface area contributed by atoms with Gasteiger partial charge in [-0.05, 0) is 48.2 Å². The Labute approximate surface area is 143 Å². The zero-order chi connectivity index (χ0) is 16.8. The normalized spacial score (nSPS) is 18.1. The lowest BCUT2D eigenvalue weighted by Crippen LogP contribution is -2.45. The molecule has 4 nitrogen and oxygen atoms in total. The molecule has 0 bridgehead atoms. The minimum absolute atomic E-state index is 0.345. The molecule has 1 heterocycles. The quantitative estimate of drug-likeness (QED) is 0.789. The number of nitrogens with zero attached hydrogens (tertiary/aromatic N) is 3. The van der Waals surface area contributed by atoms with Crippen molar-refractivity contribution in [1.29, 1.82) is 0 Å². The first-order chi connectivity index (χ1) is 11.6. The van der Waals surface area contributed by atoms with Crippen LogP contribution in [-0.4, -0.2) is 19.9 Å². The molecule has 24 heavy (non-hydrogen) atoms. The summed E-state index contributed by atoms with van der Waals surface area (Å²) in [5, 5.41) is 16.7. The summed E-state index contributed by atoms with van der Waals surface area (Å²) in [7, 11) is 0. The van der Waals surface area contributed by atoms with Gasteiger partial charge >= 0.3 is 0 Å². The maximum absolute atomic E-state index is 13.4. The van der Waals surface area contributed by atoms with Crippen molar-refractivity contribution in [1.82, 2.24) is 14.8 Å². The third kappa shape index (κ3) is 2.16. The molecular weight excluding hydrogens is 329 g/mol. The molecule has 3 aromatic rings. The molecule has 1 atom stereocenters. The van der Waals surface area contributed by atoms with Crippen LogP contribution in [0.25, 0.3) is 0 Å². The zero-order valence-electron chi connectivity index (χ0n) is 12.7. The van der Waals surface area contributed by atoms with Gasteiger partial charge in [-0.1, -0.05) is 35.9 Å². The Hall–Kier alpha value is -2.24. The van der Waals surface area contributed by atoms with Gasteiger partial charge in [-0.3, -0.25) is 0 Å². The number of hydrogen-bond donors (Lipinski definition) is 1. The Morgan fingerprint density at radius 2 is 1.62 bits per heavy atom. The van der Waals surface area contributed by atoms with Crippen LogP contribution in [-0.2, 0) is 11.1 Å². The summed E-state index contributed by atoms with van der Waals surface area (Å²) in [6.07, 6.45) is 4.55. The van der Waals surface area contributed by atoms with E-state index in [0.717, 1.165) is 12.8 Å². The van der Waals surface area contributed by atoms with E-state index in [1.807, 2.05) is 0 Å². The smallest absolute Gasteiger partial charge is 0.140 e. The highest BCUT2D eigenvalue weighted by Crippen LogP contribution is 2.58. The predicted molar refractivity (Wildman–Crippen MR) is 88.1 cm³/mol. The van der Waals surface area contributed by atoms with Gasteiger partial charge in [-0.25, -0.2) is 14.1 Å². The van der Waals surface area contributed by atoms with Crippen molar-refractivity contribution >= 4 is 11.6 Å². The van der Waals surface area contributed by atoms with Gasteiger partial charge in [-0.15, -0.1) is 0 Å². The van der Waals surface area contributed by atoms with Gasteiger partial charge in [0.15, 0.2) is 0 Å². The van der Waals surface area contributed by atoms with Crippen molar-refractivity contribution in [2.75, 3.05) is 0 Å². The Morgan fingerprint density at radius 1 is 1.04 bits per heavy atom. The zero-order valence-corrected chi connectivity index (χ0v) is 13.5. The first-order valence-corrected chi connectivity index (χ1v) is 8.04. The molecule has 1 aliphatic carbocycles. The number of aromatic nitrogens is 3. The summed E-state index contributed by atoms with van der Waals surface area (Å²) >= 11 is 6.00. The largest absolute Gasteiger partial charge is 0.378 e. The number of benzene rings is 2. The Kier molecular flexibility index (Phi) is 3.44. The lowest BCUT2D eigenvalue weighted by atomic mass is 9.78. The van der Waals surface area contributed by atoms with E-state index in [0.29, 0.717) is 16.1 Å². The molecule has 1 N–H and O–H groups in total. The van der Waals surface area contributed by atoms with E-state index < -0.39 is 11.1 Å². The van der Waals surface area contributed by atoms with Gasteiger partial charge in [0.25, 0.3) is 0 Å². The lowest BCUT2D eigenvalue weighted by molar-refractivity contribution is 0.00120. The average molecular weight is 344 g/mol. The Bertz CT molecular complexity index is 797. The van der Waals surface area contributed by atoms with E-state index in [9.17, 15) is 9.50 Å². The van der Waals surface area contributed by atoms with E-state index >= 15 is 0 Å². The lowest BCUT2D eigenvalue weighted by Gasteiger charge is -2.37. The molecule has 0 spiro atoms. The number of rotatable bonds is 4. The molecule has 4 rings (SSSR count). The van der Waals surface area contributed by atoms with Gasteiger partial charge in [-0.2, -0.15) is 5.10 Å². The molecule has 0 saturated heterocycles. The van der Waals surface area contributed by atoms with Crippen molar-refractivity contribution < 1.29 is 9.50 Å².